The van der Waals surface area contributed by atoms with Gasteiger partial charge >= 0.3 is 0 Å². The number of carbonyl (C=O) groups excluding carboxylic acids is 1. The number of imidazole rings is 1. The molecule has 0 aliphatic carbocycles. The normalized spacial score (nSPS) is 13.3. The maximum absolute atomic E-state index is 12.3. The topological polar surface area (TPSA) is 59.0 Å². The molecule has 2 aromatic rings. The lowest BCUT2D eigenvalue weighted by atomic mass is 9.97. The summed E-state index contributed by atoms with van der Waals surface area (Å²) in [6.07, 6.45) is 8.44. The summed E-state index contributed by atoms with van der Waals surface area (Å²) in [5.41, 5.74) is 3.06. The molecule has 1 aliphatic heterocycles. The van der Waals surface area contributed by atoms with Gasteiger partial charge in [-0.1, -0.05) is 6.07 Å². The summed E-state index contributed by atoms with van der Waals surface area (Å²) in [5, 5.41) is 6.36. The van der Waals surface area contributed by atoms with Gasteiger partial charge in [-0.15, -0.1) is 0 Å². The summed E-state index contributed by atoms with van der Waals surface area (Å²) in [4.78, 5) is 16.3. The molecule has 0 radical (unpaired) electrons. The van der Waals surface area contributed by atoms with Gasteiger partial charge in [0.1, 0.15) is 0 Å². The van der Waals surface area contributed by atoms with Crippen molar-refractivity contribution in [3.8, 4) is 0 Å². The van der Waals surface area contributed by atoms with Crippen LogP contribution in [-0.2, 0) is 13.0 Å². The molecule has 2 heterocycles. The first-order valence-electron chi connectivity index (χ1n) is 7.44. The number of hydrogen-bond donors (Lipinski definition) is 2. The van der Waals surface area contributed by atoms with Gasteiger partial charge < -0.3 is 15.2 Å². The van der Waals surface area contributed by atoms with Crippen molar-refractivity contribution in [2.45, 2.75) is 25.8 Å². The van der Waals surface area contributed by atoms with Gasteiger partial charge in [-0.3, -0.25) is 4.79 Å². The van der Waals surface area contributed by atoms with E-state index in [-0.39, 0.29) is 5.91 Å². The monoisotopic (exact) mass is 284 g/mol. The van der Waals surface area contributed by atoms with E-state index in [4.69, 9.17) is 0 Å². The van der Waals surface area contributed by atoms with E-state index in [9.17, 15) is 4.79 Å². The number of benzene rings is 1. The first-order valence-corrected chi connectivity index (χ1v) is 7.44. The molecule has 5 nitrogen and oxygen atoms in total. The molecule has 1 amide bonds. The lowest BCUT2D eigenvalue weighted by Crippen LogP contribution is -2.27. The van der Waals surface area contributed by atoms with Crippen LogP contribution in [0.1, 0.15) is 28.8 Å². The predicted molar refractivity (Wildman–Crippen MR) is 82.4 cm³/mol. The molecule has 0 saturated carbocycles. The van der Waals surface area contributed by atoms with Gasteiger partial charge in [0.2, 0.25) is 0 Å². The second kappa shape index (κ2) is 6.43. The second-order valence-electron chi connectivity index (χ2n) is 5.27. The number of fused-ring (bicyclic) bond motifs is 1. The van der Waals surface area contributed by atoms with Crippen LogP contribution >= 0.6 is 0 Å². The molecule has 2 N–H and O–H groups in total. The van der Waals surface area contributed by atoms with Gasteiger partial charge in [0.25, 0.3) is 5.91 Å². The summed E-state index contributed by atoms with van der Waals surface area (Å²) in [7, 11) is 0. The van der Waals surface area contributed by atoms with Crippen molar-refractivity contribution >= 4 is 11.6 Å². The maximum atomic E-state index is 12.3. The SMILES string of the molecule is O=C(NCCCn1ccnc1)c1cccc2c1CCCN2. The molecule has 110 valence electrons. The Morgan fingerprint density at radius 3 is 3.24 bits per heavy atom. The Morgan fingerprint density at radius 2 is 2.38 bits per heavy atom. The highest BCUT2D eigenvalue weighted by molar-refractivity contribution is 5.97. The Hall–Kier alpha value is -2.30. The van der Waals surface area contributed by atoms with E-state index in [0.717, 1.165) is 49.2 Å². The Bertz CT molecular complexity index is 607. The third-order valence-electron chi connectivity index (χ3n) is 3.78. The molecule has 0 atom stereocenters. The minimum Gasteiger partial charge on any atom is -0.385 e. The molecular weight excluding hydrogens is 264 g/mol. The van der Waals surface area contributed by atoms with Gasteiger partial charge in [-0.25, -0.2) is 4.98 Å². The smallest absolute Gasteiger partial charge is 0.251 e. The first kappa shape index (κ1) is 13.7. The van der Waals surface area contributed by atoms with Crippen LogP contribution < -0.4 is 10.6 Å². The van der Waals surface area contributed by atoms with E-state index in [2.05, 4.69) is 15.6 Å². The number of hydrogen-bond acceptors (Lipinski definition) is 3. The van der Waals surface area contributed by atoms with Crippen LogP contribution in [0.5, 0.6) is 0 Å². The molecule has 5 heteroatoms. The third kappa shape index (κ3) is 3.24. The van der Waals surface area contributed by atoms with Crippen LogP contribution in [0.25, 0.3) is 0 Å². The molecule has 0 unspecified atom stereocenters. The fraction of sp³-hybridized carbons (Fsp3) is 0.375. The van der Waals surface area contributed by atoms with Gasteiger partial charge in [-0.2, -0.15) is 0 Å². The molecule has 0 saturated heterocycles. The standard InChI is InChI=1S/C16H20N4O/c21-16(19-8-3-10-20-11-9-17-12-20)14-4-1-6-15-13(14)5-2-7-18-15/h1,4,6,9,11-12,18H,2-3,5,7-8,10H2,(H,19,21). The number of nitrogens with one attached hydrogen (secondary N) is 2. The van der Waals surface area contributed by atoms with Crippen LogP contribution in [0.4, 0.5) is 5.69 Å². The molecule has 1 aromatic heterocycles. The zero-order valence-corrected chi connectivity index (χ0v) is 12.0. The van der Waals surface area contributed by atoms with Crippen LogP contribution in [-0.4, -0.2) is 28.5 Å². The molecule has 1 aromatic carbocycles. The van der Waals surface area contributed by atoms with Crippen molar-refractivity contribution in [3.05, 3.63) is 48.0 Å². The largest absolute Gasteiger partial charge is 0.385 e. The molecule has 0 fully saturated rings. The molecule has 0 spiro atoms. The summed E-state index contributed by atoms with van der Waals surface area (Å²) < 4.78 is 2.01. The number of anilines is 1. The van der Waals surface area contributed by atoms with Crippen molar-refractivity contribution < 1.29 is 4.79 Å². The van der Waals surface area contributed by atoms with Gasteiger partial charge in [0.05, 0.1) is 6.33 Å². The number of rotatable bonds is 5. The zero-order chi connectivity index (χ0) is 14.5. The fourth-order valence-electron chi connectivity index (χ4n) is 2.70. The van der Waals surface area contributed by atoms with E-state index < -0.39 is 0 Å². The minimum atomic E-state index is 0.0289. The van der Waals surface area contributed by atoms with Crippen LogP contribution in [0.3, 0.4) is 0 Å². The first-order chi connectivity index (χ1) is 10.3. The summed E-state index contributed by atoms with van der Waals surface area (Å²) in [6.45, 7) is 2.53. The minimum absolute atomic E-state index is 0.0289. The van der Waals surface area contributed by atoms with Crippen molar-refractivity contribution in [3.63, 3.8) is 0 Å². The van der Waals surface area contributed by atoms with Crippen molar-refractivity contribution in [1.82, 2.24) is 14.9 Å². The highest BCUT2D eigenvalue weighted by Gasteiger charge is 2.16. The Kier molecular flexibility index (Phi) is 4.19. The van der Waals surface area contributed by atoms with Crippen LogP contribution in [0.15, 0.2) is 36.9 Å². The second-order valence-corrected chi connectivity index (χ2v) is 5.27. The number of nitrogens with zero attached hydrogens (tertiary/aromatic N) is 2. The van der Waals surface area contributed by atoms with Gasteiger partial charge in [0, 0.05) is 43.3 Å². The van der Waals surface area contributed by atoms with E-state index in [1.165, 1.54) is 0 Å². The van der Waals surface area contributed by atoms with Crippen LogP contribution in [0, 0.1) is 0 Å². The average molecular weight is 284 g/mol. The highest BCUT2D eigenvalue weighted by atomic mass is 16.1. The molecule has 3 rings (SSSR count). The Labute approximate surface area is 124 Å². The summed E-state index contributed by atoms with van der Waals surface area (Å²) in [5.74, 6) is 0.0289. The maximum Gasteiger partial charge on any atom is 0.251 e. The molecule has 0 bridgehead atoms. The van der Waals surface area contributed by atoms with E-state index >= 15 is 0 Å². The average Bonchev–Trinajstić information content (AvgIpc) is 3.04. The van der Waals surface area contributed by atoms with E-state index in [1.54, 1.807) is 12.5 Å². The van der Waals surface area contributed by atoms with Gasteiger partial charge in [0.15, 0.2) is 0 Å². The van der Waals surface area contributed by atoms with E-state index in [0.29, 0.717) is 6.54 Å². The number of carbonyl (C=O) groups is 1. The molecular formula is C16H20N4O. The number of aryl methyl sites for hydroxylation is 1. The molecule has 21 heavy (non-hydrogen) atoms. The quantitative estimate of drug-likeness (QED) is 0.826. The Balaban J connectivity index is 1.56. The number of amides is 1. The van der Waals surface area contributed by atoms with Crippen molar-refractivity contribution in [2.24, 2.45) is 0 Å². The van der Waals surface area contributed by atoms with Crippen molar-refractivity contribution in [2.75, 3.05) is 18.4 Å². The lowest BCUT2D eigenvalue weighted by Gasteiger charge is -2.20. The highest BCUT2D eigenvalue weighted by Crippen LogP contribution is 2.25. The van der Waals surface area contributed by atoms with Crippen molar-refractivity contribution in [1.29, 1.82) is 0 Å². The molecule has 1 aliphatic rings. The number of aromatic nitrogens is 2. The van der Waals surface area contributed by atoms with Crippen LogP contribution in [0.2, 0.25) is 0 Å². The van der Waals surface area contributed by atoms with Gasteiger partial charge in [-0.05, 0) is 37.0 Å². The summed E-state index contributed by atoms with van der Waals surface area (Å²) >= 11 is 0. The fourth-order valence-corrected chi connectivity index (χ4v) is 2.70. The zero-order valence-electron chi connectivity index (χ0n) is 12.0. The Morgan fingerprint density at radius 1 is 1.43 bits per heavy atom. The summed E-state index contributed by atoms with van der Waals surface area (Å²) in [6, 6.07) is 5.90. The lowest BCUT2D eigenvalue weighted by molar-refractivity contribution is 0.0951. The predicted octanol–water partition coefficient (Wildman–Crippen LogP) is 2.06. The van der Waals surface area contributed by atoms with E-state index in [1.807, 2.05) is 29.0 Å². The third-order valence-corrected chi connectivity index (χ3v) is 3.78.